The smallest absolute Gasteiger partial charge is 0.251 e. The van der Waals surface area contributed by atoms with Crippen LogP contribution in [-0.4, -0.2) is 35.2 Å². The Hall–Kier alpha value is -3.13. The SMILES string of the molecule is CCc1ccc(N2C(=O)C(C=Nc3ccc(OC)cn3)C(=O)NC2=S)cc1. The molecule has 3 rings (SSSR count). The van der Waals surface area contributed by atoms with Crippen LogP contribution in [0.4, 0.5) is 11.5 Å². The summed E-state index contributed by atoms with van der Waals surface area (Å²) in [7, 11) is 1.54. The maximum atomic E-state index is 12.9. The van der Waals surface area contributed by atoms with Crippen molar-refractivity contribution in [3.8, 4) is 5.75 Å². The molecule has 0 bridgehead atoms. The Balaban J connectivity index is 1.83. The van der Waals surface area contributed by atoms with Gasteiger partial charge in [-0.15, -0.1) is 0 Å². The molecule has 2 amide bonds. The number of aromatic nitrogens is 1. The molecule has 1 fully saturated rings. The van der Waals surface area contributed by atoms with Gasteiger partial charge in [0.1, 0.15) is 5.75 Å². The van der Waals surface area contributed by atoms with Crippen LogP contribution in [-0.2, 0) is 16.0 Å². The Kier molecular flexibility index (Phi) is 5.56. The van der Waals surface area contributed by atoms with Gasteiger partial charge >= 0.3 is 0 Å². The first-order chi connectivity index (χ1) is 13.0. The third-order valence-electron chi connectivity index (χ3n) is 4.12. The number of hydrogen-bond donors (Lipinski definition) is 1. The van der Waals surface area contributed by atoms with Crippen molar-refractivity contribution in [3.63, 3.8) is 0 Å². The second kappa shape index (κ2) is 8.05. The van der Waals surface area contributed by atoms with E-state index in [0.29, 0.717) is 17.3 Å². The fourth-order valence-corrected chi connectivity index (χ4v) is 2.86. The fraction of sp³-hybridized carbons (Fsp3) is 0.211. The zero-order valence-electron chi connectivity index (χ0n) is 14.9. The normalized spacial score (nSPS) is 17.3. The lowest BCUT2D eigenvalue weighted by atomic mass is 10.1. The average Bonchev–Trinajstić information content (AvgIpc) is 2.68. The van der Waals surface area contributed by atoms with Crippen molar-refractivity contribution in [1.82, 2.24) is 10.3 Å². The molecule has 7 nitrogen and oxygen atoms in total. The molecule has 8 heteroatoms. The molecule has 1 aliphatic heterocycles. The molecule has 27 heavy (non-hydrogen) atoms. The van der Waals surface area contributed by atoms with Gasteiger partial charge < -0.3 is 10.1 Å². The highest BCUT2D eigenvalue weighted by Crippen LogP contribution is 2.22. The average molecular weight is 382 g/mol. The van der Waals surface area contributed by atoms with E-state index < -0.39 is 17.7 Å². The highest BCUT2D eigenvalue weighted by atomic mass is 32.1. The van der Waals surface area contributed by atoms with E-state index in [1.807, 2.05) is 19.1 Å². The number of carbonyl (C=O) groups excluding carboxylic acids is 2. The highest BCUT2D eigenvalue weighted by molar-refractivity contribution is 7.80. The van der Waals surface area contributed by atoms with Crippen LogP contribution in [0.5, 0.6) is 5.75 Å². The number of hydrogen-bond acceptors (Lipinski definition) is 6. The zero-order chi connectivity index (χ0) is 19.4. The van der Waals surface area contributed by atoms with Gasteiger partial charge in [0.15, 0.2) is 16.8 Å². The summed E-state index contributed by atoms with van der Waals surface area (Å²) < 4.78 is 5.04. The number of thiocarbonyl (C=S) groups is 1. The number of pyridine rings is 1. The number of methoxy groups -OCH3 is 1. The molecule has 0 radical (unpaired) electrons. The lowest BCUT2D eigenvalue weighted by molar-refractivity contribution is -0.130. The van der Waals surface area contributed by atoms with Gasteiger partial charge in [-0.1, -0.05) is 19.1 Å². The summed E-state index contributed by atoms with van der Waals surface area (Å²) in [6, 6.07) is 10.8. The molecule has 1 atom stereocenters. The number of aliphatic imine (C=N–C) groups is 1. The third-order valence-corrected chi connectivity index (χ3v) is 4.40. The minimum absolute atomic E-state index is 0.0569. The first-order valence-electron chi connectivity index (χ1n) is 8.35. The molecule has 1 aromatic heterocycles. The number of nitrogens with one attached hydrogen (secondary N) is 1. The lowest BCUT2D eigenvalue weighted by Crippen LogP contribution is -2.58. The number of benzene rings is 1. The summed E-state index contributed by atoms with van der Waals surface area (Å²) in [4.78, 5) is 34.7. The number of anilines is 1. The highest BCUT2D eigenvalue weighted by Gasteiger charge is 2.38. The number of ether oxygens (including phenoxy) is 1. The summed E-state index contributed by atoms with van der Waals surface area (Å²) >= 11 is 5.19. The van der Waals surface area contributed by atoms with E-state index >= 15 is 0 Å². The minimum atomic E-state index is -1.09. The van der Waals surface area contributed by atoms with Crippen molar-refractivity contribution in [2.45, 2.75) is 13.3 Å². The second-order valence-corrected chi connectivity index (χ2v) is 6.19. The van der Waals surface area contributed by atoms with Crippen LogP contribution in [0, 0.1) is 5.92 Å². The van der Waals surface area contributed by atoms with Gasteiger partial charge in [0.05, 0.1) is 19.0 Å². The number of amides is 2. The molecule has 2 aromatic rings. The van der Waals surface area contributed by atoms with Crippen molar-refractivity contribution in [3.05, 3.63) is 48.2 Å². The Labute approximate surface area is 162 Å². The summed E-state index contributed by atoms with van der Waals surface area (Å²) in [5.41, 5.74) is 1.74. The number of nitrogens with zero attached hydrogens (tertiary/aromatic N) is 3. The molecular weight excluding hydrogens is 364 g/mol. The molecule has 1 aliphatic rings. The van der Waals surface area contributed by atoms with E-state index in [9.17, 15) is 9.59 Å². The maximum Gasteiger partial charge on any atom is 0.251 e. The third kappa shape index (κ3) is 4.01. The summed E-state index contributed by atoms with van der Waals surface area (Å²) in [6.45, 7) is 2.05. The predicted molar refractivity (Wildman–Crippen MR) is 106 cm³/mol. The molecule has 138 valence electrons. The van der Waals surface area contributed by atoms with Crippen LogP contribution >= 0.6 is 12.2 Å². The Morgan fingerprint density at radius 1 is 1.26 bits per heavy atom. The van der Waals surface area contributed by atoms with Crippen molar-refractivity contribution in [2.75, 3.05) is 12.0 Å². The van der Waals surface area contributed by atoms with Gasteiger partial charge in [-0.2, -0.15) is 0 Å². The van der Waals surface area contributed by atoms with Gasteiger partial charge in [0.25, 0.3) is 5.91 Å². The summed E-state index contributed by atoms with van der Waals surface area (Å²) in [6.07, 6.45) is 3.67. The van der Waals surface area contributed by atoms with Gasteiger partial charge in [-0.05, 0) is 48.5 Å². The van der Waals surface area contributed by atoms with Crippen LogP contribution in [0.2, 0.25) is 0 Å². The second-order valence-electron chi connectivity index (χ2n) is 5.80. The van der Waals surface area contributed by atoms with Crippen molar-refractivity contribution >= 4 is 46.9 Å². The first-order valence-corrected chi connectivity index (χ1v) is 8.76. The molecule has 1 N–H and O–H groups in total. The van der Waals surface area contributed by atoms with Gasteiger partial charge in [-0.3, -0.25) is 14.5 Å². The van der Waals surface area contributed by atoms with E-state index in [0.717, 1.165) is 12.0 Å². The number of carbonyl (C=O) groups is 2. The van der Waals surface area contributed by atoms with Crippen molar-refractivity contribution in [1.29, 1.82) is 0 Å². The predicted octanol–water partition coefficient (Wildman–Crippen LogP) is 2.42. The van der Waals surface area contributed by atoms with E-state index in [1.165, 1.54) is 24.4 Å². The van der Waals surface area contributed by atoms with E-state index in [-0.39, 0.29) is 5.11 Å². The molecule has 1 unspecified atom stereocenters. The quantitative estimate of drug-likeness (QED) is 0.488. The Morgan fingerprint density at radius 3 is 2.59 bits per heavy atom. The lowest BCUT2D eigenvalue weighted by Gasteiger charge is -2.31. The molecule has 0 aliphatic carbocycles. The van der Waals surface area contributed by atoms with Gasteiger partial charge in [-0.25, -0.2) is 9.98 Å². The molecule has 1 aromatic carbocycles. The van der Waals surface area contributed by atoms with Crippen LogP contribution in [0.15, 0.2) is 47.6 Å². The number of rotatable bonds is 5. The van der Waals surface area contributed by atoms with E-state index in [2.05, 4.69) is 15.3 Å². The van der Waals surface area contributed by atoms with E-state index in [1.54, 1.807) is 24.3 Å². The number of aryl methyl sites for hydroxylation is 1. The minimum Gasteiger partial charge on any atom is -0.495 e. The molecule has 2 heterocycles. The molecular formula is C19H18N4O3S. The Morgan fingerprint density at radius 2 is 2.00 bits per heavy atom. The van der Waals surface area contributed by atoms with Crippen LogP contribution in [0.25, 0.3) is 0 Å². The Bertz CT molecular complexity index is 894. The fourth-order valence-electron chi connectivity index (χ4n) is 2.57. The van der Waals surface area contributed by atoms with Crippen molar-refractivity contribution in [2.24, 2.45) is 10.9 Å². The monoisotopic (exact) mass is 382 g/mol. The molecule has 0 saturated carbocycles. The molecule has 0 spiro atoms. The largest absolute Gasteiger partial charge is 0.495 e. The van der Waals surface area contributed by atoms with Gasteiger partial charge in [0.2, 0.25) is 5.91 Å². The topological polar surface area (TPSA) is 83.9 Å². The van der Waals surface area contributed by atoms with E-state index in [4.69, 9.17) is 17.0 Å². The molecule has 1 saturated heterocycles. The maximum absolute atomic E-state index is 12.9. The zero-order valence-corrected chi connectivity index (χ0v) is 15.7. The van der Waals surface area contributed by atoms with Gasteiger partial charge in [0, 0.05) is 6.21 Å². The van der Waals surface area contributed by atoms with Crippen LogP contribution < -0.4 is 15.0 Å². The summed E-state index contributed by atoms with van der Waals surface area (Å²) in [5, 5.41) is 2.61. The first kappa shape index (κ1) is 18.7. The van der Waals surface area contributed by atoms with Crippen LogP contribution in [0.1, 0.15) is 12.5 Å². The standard InChI is InChI=1S/C19H18N4O3S/c1-3-12-4-6-13(7-5-12)23-18(25)15(17(24)22-19(23)27)11-21-16-9-8-14(26-2)10-20-16/h4-11,15H,3H2,1-2H3,(H,22,24,27). The summed E-state index contributed by atoms with van der Waals surface area (Å²) in [5.74, 6) is -1.10. The van der Waals surface area contributed by atoms with Crippen LogP contribution in [0.3, 0.4) is 0 Å². The van der Waals surface area contributed by atoms with Crippen molar-refractivity contribution < 1.29 is 14.3 Å².